The second kappa shape index (κ2) is 8.71. The van der Waals surface area contributed by atoms with Crippen molar-refractivity contribution in [1.29, 1.82) is 5.26 Å². The molecule has 0 aromatic carbocycles. The first-order valence-corrected chi connectivity index (χ1v) is 11.6. The molecule has 5 rings (SSSR count). The van der Waals surface area contributed by atoms with Gasteiger partial charge in [-0.3, -0.25) is 9.67 Å². The zero-order valence-electron chi connectivity index (χ0n) is 21.7. The van der Waals surface area contributed by atoms with E-state index in [1.54, 1.807) is 34.8 Å². The number of rotatable bonds is 6. The van der Waals surface area contributed by atoms with E-state index < -0.39 is 12.2 Å². The van der Waals surface area contributed by atoms with Gasteiger partial charge >= 0.3 is 0 Å². The normalized spacial score (nSPS) is 21.9. The van der Waals surface area contributed by atoms with Crippen molar-refractivity contribution in [2.24, 2.45) is 5.92 Å². The Kier molecular flexibility index (Phi) is 5.11. The van der Waals surface area contributed by atoms with Crippen LogP contribution in [0.3, 0.4) is 0 Å². The Bertz CT molecular complexity index is 1430. The SMILES string of the molecule is [2H]C([2H])(C1CCC(C)(F)CC1)n1cc(-c2cnn(CCC#N)c2)c2ncc(-c3c(C)noc3C)cc21. The summed E-state index contributed by atoms with van der Waals surface area (Å²) >= 11 is 0. The molecule has 0 amide bonds. The summed E-state index contributed by atoms with van der Waals surface area (Å²) in [7, 11) is 0. The Labute approximate surface area is 201 Å². The second-order valence-corrected chi connectivity index (χ2v) is 9.42. The molecule has 0 radical (unpaired) electrons. The predicted octanol–water partition coefficient (Wildman–Crippen LogP) is 6.00. The topological polar surface area (TPSA) is 85.5 Å². The smallest absolute Gasteiger partial charge is 0.141 e. The fourth-order valence-electron chi connectivity index (χ4n) is 4.79. The van der Waals surface area contributed by atoms with Crippen LogP contribution in [0.2, 0.25) is 0 Å². The minimum Gasteiger partial charge on any atom is -0.361 e. The highest BCUT2D eigenvalue weighted by atomic mass is 19.1. The van der Waals surface area contributed by atoms with Crippen molar-refractivity contribution in [3.05, 3.63) is 42.3 Å². The summed E-state index contributed by atoms with van der Waals surface area (Å²) in [5.41, 5.74) is 3.99. The lowest BCUT2D eigenvalue weighted by Gasteiger charge is -2.31. The predicted molar refractivity (Wildman–Crippen MR) is 128 cm³/mol. The van der Waals surface area contributed by atoms with Crippen molar-refractivity contribution in [3.8, 4) is 28.3 Å². The number of nitriles is 1. The second-order valence-electron chi connectivity index (χ2n) is 9.42. The molecule has 34 heavy (non-hydrogen) atoms. The van der Waals surface area contributed by atoms with Gasteiger partial charge < -0.3 is 9.09 Å². The molecule has 8 heteroatoms. The van der Waals surface area contributed by atoms with Gasteiger partial charge in [-0.25, -0.2) is 4.39 Å². The molecule has 1 fully saturated rings. The molecule has 0 bridgehead atoms. The highest BCUT2D eigenvalue weighted by Crippen LogP contribution is 2.38. The molecule has 0 N–H and O–H groups in total. The Morgan fingerprint density at radius 2 is 2.06 bits per heavy atom. The molecule has 4 aromatic heterocycles. The number of alkyl halides is 1. The first-order valence-electron chi connectivity index (χ1n) is 12.6. The average Bonchev–Trinajstić information content (AvgIpc) is 3.54. The molecule has 1 saturated carbocycles. The first-order chi connectivity index (χ1) is 17.1. The molecule has 0 saturated heterocycles. The van der Waals surface area contributed by atoms with Crippen LogP contribution in [-0.4, -0.2) is 30.2 Å². The zero-order chi connectivity index (χ0) is 25.7. The number of halogens is 1. The van der Waals surface area contributed by atoms with E-state index in [1.165, 1.54) is 0 Å². The number of hydrogen-bond acceptors (Lipinski definition) is 5. The van der Waals surface area contributed by atoms with E-state index in [2.05, 4.69) is 16.3 Å². The molecule has 7 nitrogen and oxygen atoms in total. The van der Waals surface area contributed by atoms with Gasteiger partial charge in [0, 0.05) is 47.3 Å². The minimum absolute atomic E-state index is 0.328. The van der Waals surface area contributed by atoms with Gasteiger partial charge in [0.2, 0.25) is 0 Å². The summed E-state index contributed by atoms with van der Waals surface area (Å²) in [6, 6.07) is 4.05. The summed E-state index contributed by atoms with van der Waals surface area (Å²) in [4.78, 5) is 4.76. The maximum atomic E-state index is 14.5. The fourth-order valence-corrected chi connectivity index (χ4v) is 4.79. The van der Waals surface area contributed by atoms with Gasteiger partial charge in [0.05, 0.1) is 44.7 Å². The number of aryl methyl sites for hydroxylation is 3. The van der Waals surface area contributed by atoms with Gasteiger partial charge in [-0.05, 0) is 58.4 Å². The van der Waals surface area contributed by atoms with Crippen molar-refractivity contribution in [3.63, 3.8) is 0 Å². The van der Waals surface area contributed by atoms with Crippen LogP contribution < -0.4 is 0 Å². The third kappa shape index (κ3) is 4.23. The lowest BCUT2D eigenvalue weighted by molar-refractivity contribution is 0.0985. The minimum atomic E-state index is -1.75. The van der Waals surface area contributed by atoms with Gasteiger partial charge in [0.1, 0.15) is 11.4 Å². The van der Waals surface area contributed by atoms with Crippen molar-refractivity contribution >= 4 is 11.0 Å². The van der Waals surface area contributed by atoms with Crippen LogP contribution in [0.15, 0.2) is 35.4 Å². The summed E-state index contributed by atoms with van der Waals surface area (Å²) in [5, 5.41) is 17.3. The van der Waals surface area contributed by atoms with E-state index in [0.29, 0.717) is 55.4 Å². The Morgan fingerprint density at radius 3 is 2.76 bits per heavy atom. The van der Waals surface area contributed by atoms with Crippen LogP contribution in [0.4, 0.5) is 4.39 Å². The van der Waals surface area contributed by atoms with Gasteiger partial charge in [-0.1, -0.05) is 5.16 Å². The lowest BCUT2D eigenvalue weighted by atomic mass is 9.81. The van der Waals surface area contributed by atoms with Crippen LogP contribution >= 0.6 is 0 Å². The Morgan fingerprint density at radius 1 is 1.26 bits per heavy atom. The molecule has 1 aliphatic rings. The molecule has 0 spiro atoms. The average molecular weight is 463 g/mol. The highest BCUT2D eigenvalue weighted by molar-refractivity contribution is 5.94. The summed E-state index contributed by atoms with van der Waals surface area (Å²) in [6.45, 7) is 4.04. The van der Waals surface area contributed by atoms with Crippen LogP contribution in [0.1, 0.15) is 53.2 Å². The molecule has 4 heterocycles. The van der Waals surface area contributed by atoms with Crippen LogP contribution in [0, 0.1) is 31.1 Å². The number of aromatic nitrogens is 5. The molecule has 176 valence electrons. The summed E-state index contributed by atoms with van der Waals surface area (Å²) in [5.74, 6) is 0.342. The quantitative estimate of drug-likeness (QED) is 0.351. The van der Waals surface area contributed by atoms with Crippen LogP contribution in [0.5, 0.6) is 0 Å². The molecule has 0 atom stereocenters. The molecule has 0 aliphatic heterocycles. The van der Waals surface area contributed by atoms with E-state index in [1.807, 2.05) is 26.1 Å². The molecule has 4 aromatic rings. The maximum Gasteiger partial charge on any atom is 0.141 e. The largest absolute Gasteiger partial charge is 0.361 e. The van der Waals surface area contributed by atoms with E-state index >= 15 is 0 Å². The van der Waals surface area contributed by atoms with Crippen molar-refractivity contribution in [2.45, 2.75) is 71.6 Å². The fraction of sp³-hybridized carbons (Fsp3) is 0.462. The van der Waals surface area contributed by atoms with E-state index in [-0.39, 0.29) is 5.92 Å². The third-order valence-electron chi connectivity index (χ3n) is 6.71. The van der Waals surface area contributed by atoms with Crippen molar-refractivity contribution < 1.29 is 11.7 Å². The molecule has 0 unspecified atom stereocenters. The van der Waals surface area contributed by atoms with Gasteiger partial charge in [-0.2, -0.15) is 10.4 Å². The van der Waals surface area contributed by atoms with Crippen LogP contribution in [0.25, 0.3) is 33.3 Å². The number of hydrogen-bond donors (Lipinski definition) is 0. The lowest BCUT2D eigenvalue weighted by Crippen LogP contribution is -2.27. The van der Waals surface area contributed by atoms with E-state index in [9.17, 15) is 4.39 Å². The van der Waals surface area contributed by atoms with E-state index in [4.69, 9.17) is 17.5 Å². The van der Waals surface area contributed by atoms with Gasteiger partial charge in [0.25, 0.3) is 0 Å². The van der Waals surface area contributed by atoms with Gasteiger partial charge in [-0.15, -0.1) is 0 Å². The van der Waals surface area contributed by atoms with Crippen LogP contribution in [-0.2, 0) is 13.0 Å². The molecule has 1 aliphatic carbocycles. The van der Waals surface area contributed by atoms with Gasteiger partial charge in [0.15, 0.2) is 0 Å². The number of pyridine rings is 1. The monoisotopic (exact) mass is 462 g/mol. The maximum absolute atomic E-state index is 14.5. The highest BCUT2D eigenvalue weighted by Gasteiger charge is 2.31. The van der Waals surface area contributed by atoms with E-state index in [0.717, 1.165) is 27.9 Å². The number of nitrogens with zero attached hydrogens (tertiary/aromatic N) is 6. The summed E-state index contributed by atoms with van der Waals surface area (Å²) in [6.07, 6.45) is 9.10. The Hall–Kier alpha value is -3.47. The summed E-state index contributed by atoms with van der Waals surface area (Å²) < 4.78 is 41.6. The van der Waals surface area contributed by atoms with Crippen molar-refractivity contribution in [1.82, 2.24) is 24.5 Å². The standard InChI is InChI=1S/C26H29FN6O/c1-17-24(18(2)34-31-17)20-11-23-25(29-12-20)22(21-13-30-33(15-21)10-4-9-28)16-32(23)14-19-5-7-26(3,27)8-6-19/h11-13,15-16,19H,4-8,10,14H2,1-3H3/i14D2. The number of fused-ring (bicyclic) bond motifs is 1. The molecular formula is C26H29FN6O. The Balaban J connectivity index is 1.65. The van der Waals surface area contributed by atoms with Crippen molar-refractivity contribution in [2.75, 3.05) is 0 Å². The molecular weight excluding hydrogens is 431 g/mol. The zero-order valence-corrected chi connectivity index (χ0v) is 19.7. The first kappa shape index (κ1) is 20.0. The third-order valence-corrected chi connectivity index (χ3v) is 6.71.